The van der Waals surface area contributed by atoms with Gasteiger partial charge in [0.15, 0.2) is 23.0 Å². The first-order chi connectivity index (χ1) is 22.3. The third kappa shape index (κ3) is 6.91. The molecule has 1 aromatic heterocycles. The fourth-order valence-electron chi connectivity index (χ4n) is 5.81. The second kappa shape index (κ2) is 12.8. The van der Waals surface area contributed by atoms with Crippen LogP contribution in [0, 0.1) is 0 Å². The van der Waals surface area contributed by atoms with Crippen molar-refractivity contribution < 1.29 is 36.9 Å². The molecular weight excluding hydrogens is 621 g/mol. The lowest BCUT2D eigenvalue weighted by molar-refractivity contribution is -0.137. The van der Waals surface area contributed by atoms with Gasteiger partial charge in [-0.1, -0.05) is 30.3 Å². The summed E-state index contributed by atoms with van der Waals surface area (Å²) in [5.41, 5.74) is 2.27. The monoisotopic (exact) mass is 652 g/mol. The average Bonchev–Trinajstić information content (AvgIpc) is 3.82. The summed E-state index contributed by atoms with van der Waals surface area (Å²) in [6.45, 7) is 4.83. The fourth-order valence-corrected chi connectivity index (χ4v) is 6.62. The van der Waals surface area contributed by atoms with Crippen molar-refractivity contribution in [2.45, 2.75) is 32.4 Å². The van der Waals surface area contributed by atoms with E-state index >= 15 is 0 Å². The Kier molecular flexibility index (Phi) is 8.45. The van der Waals surface area contributed by atoms with Gasteiger partial charge < -0.3 is 23.8 Å². The van der Waals surface area contributed by atoms with Crippen molar-refractivity contribution >= 4 is 17.2 Å². The van der Waals surface area contributed by atoms with Crippen LogP contribution >= 0.6 is 11.3 Å². The van der Waals surface area contributed by atoms with Crippen LogP contribution in [-0.2, 0) is 32.4 Å². The zero-order valence-corrected chi connectivity index (χ0v) is 25.6. The molecule has 7 rings (SSSR count). The van der Waals surface area contributed by atoms with Crippen molar-refractivity contribution in [3.63, 3.8) is 0 Å². The van der Waals surface area contributed by atoms with Crippen LogP contribution in [0.15, 0.2) is 66.0 Å². The number of aromatic nitrogens is 1. The Balaban J connectivity index is 1.00. The van der Waals surface area contributed by atoms with Crippen LogP contribution in [0.25, 0.3) is 0 Å². The Hall–Kier alpha value is -4.33. The van der Waals surface area contributed by atoms with Gasteiger partial charge in [0, 0.05) is 51.2 Å². The molecule has 1 fully saturated rings. The van der Waals surface area contributed by atoms with E-state index in [4.69, 9.17) is 18.9 Å². The summed E-state index contributed by atoms with van der Waals surface area (Å²) >= 11 is 1.37. The van der Waals surface area contributed by atoms with E-state index in [9.17, 15) is 18.0 Å². The number of rotatable bonds is 9. The number of alkyl halides is 3. The summed E-state index contributed by atoms with van der Waals surface area (Å²) in [7, 11) is 0. The number of amides is 1. The lowest BCUT2D eigenvalue weighted by Crippen LogP contribution is -2.48. The maximum atomic E-state index is 13.4. The third-order valence-electron chi connectivity index (χ3n) is 8.14. The minimum atomic E-state index is -4.43. The van der Waals surface area contributed by atoms with Crippen LogP contribution in [0.4, 0.5) is 13.2 Å². The number of halogens is 3. The zero-order valence-electron chi connectivity index (χ0n) is 24.8. The number of hydrogen-bond acceptors (Lipinski definition) is 9. The van der Waals surface area contributed by atoms with E-state index in [1.54, 1.807) is 11.4 Å². The third-order valence-corrected chi connectivity index (χ3v) is 8.97. The SMILES string of the molecule is O=C(c1csc(CN(Cc2cccc(C(F)(F)F)c2)Cc2ccc3c(c2)OCO3)n1)N1CCN(Cc2ccc3c(c2)OCO3)CC1. The van der Waals surface area contributed by atoms with Gasteiger partial charge in [0.05, 0.1) is 12.1 Å². The van der Waals surface area contributed by atoms with Crippen LogP contribution in [0.3, 0.4) is 0 Å². The van der Waals surface area contributed by atoms with E-state index in [0.29, 0.717) is 53.9 Å². The molecule has 3 aliphatic rings. The maximum Gasteiger partial charge on any atom is 0.416 e. The number of hydrogen-bond donors (Lipinski definition) is 0. The highest BCUT2D eigenvalue weighted by Gasteiger charge is 2.31. The fraction of sp³-hybridized carbons (Fsp3) is 0.333. The smallest absolute Gasteiger partial charge is 0.416 e. The minimum absolute atomic E-state index is 0.120. The van der Waals surface area contributed by atoms with Gasteiger partial charge in [-0.3, -0.25) is 14.6 Å². The molecule has 0 unspecified atom stereocenters. The molecule has 0 N–H and O–H groups in total. The molecule has 0 saturated carbocycles. The molecule has 0 spiro atoms. The standard InChI is InChI=1S/C33H31F3N4O5S/c34-33(35,36)25-3-1-2-22(12-25)16-39(17-24-5-7-28-30(14-24)45-21-43-28)18-31-37-26(19-46-31)32(41)40-10-8-38(9-11-40)15-23-4-6-27-29(13-23)44-20-42-27/h1-7,12-14,19H,8-11,15-18,20-21H2. The molecule has 0 bridgehead atoms. The Morgan fingerprint density at radius 1 is 0.783 bits per heavy atom. The molecule has 0 radical (unpaired) electrons. The molecule has 0 atom stereocenters. The minimum Gasteiger partial charge on any atom is -0.454 e. The van der Waals surface area contributed by atoms with Crippen LogP contribution < -0.4 is 18.9 Å². The van der Waals surface area contributed by atoms with E-state index in [-0.39, 0.29) is 26.0 Å². The second-order valence-electron chi connectivity index (χ2n) is 11.4. The van der Waals surface area contributed by atoms with Gasteiger partial charge in [0.2, 0.25) is 13.6 Å². The molecule has 3 aliphatic heterocycles. The van der Waals surface area contributed by atoms with E-state index in [2.05, 4.69) is 9.88 Å². The first-order valence-electron chi connectivity index (χ1n) is 14.9. The van der Waals surface area contributed by atoms with Crippen molar-refractivity contribution in [2.75, 3.05) is 39.8 Å². The van der Waals surface area contributed by atoms with Gasteiger partial charge in [0.1, 0.15) is 10.7 Å². The molecule has 0 aliphatic carbocycles. The maximum absolute atomic E-state index is 13.4. The van der Waals surface area contributed by atoms with Crippen molar-refractivity contribution in [3.05, 3.63) is 99.0 Å². The van der Waals surface area contributed by atoms with Gasteiger partial charge in [-0.05, 0) is 47.0 Å². The van der Waals surface area contributed by atoms with E-state index in [1.807, 2.05) is 46.2 Å². The summed E-state index contributed by atoms with van der Waals surface area (Å²) in [5.74, 6) is 2.69. The molecule has 9 nitrogen and oxygen atoms in total. The highest BCUT2D eigenvalue weighted by Crippen LogP contribution is 2.35. The number of piperazine rings is 1. The van der Waals surface area contributed by atoms with Gasteiger partial charge >= 0.3 is 6.18 Å². The highest BCUT2D eigenvalue weighted by atomic mass is 32.1. The molecule has 4 heterocycles. The van der Waals surface area contributed by atoms with E-state index in [1.165, 1.54) is 23.5 Å². The van der Waals surface area contributed by atoms with Crippen LogP contribution in [-0.4, -0.2) is 65.4 Å². The quantitative estimate of drug-likeness (QED) is 0.225. The van der Waals surface area contributed by atoms with Crippen LogP contribution in [0.1, 0.15) is 37.7 Å². The molecule has 46 heavy (non-hydrogen) atoms. The summed E-state index contributed by atoms with van der Waals surface area (Å²) < 4.78 is 62.1. The number of carbonyl (C=O) groups excluding carboxylic acids is 1. The average molecular weight is 653 g/mol. The lowest BCUT2D eigenvalue weighted by atomic mass is 10.1. The normalized spacial score (nSPS) is 16.0. The van der Waals surface area contributed by atoms with Crippen molar-refractivity contribution in [2.24, 2.45) is 0 Å². The Morgan fingerprint density at radius 2 is 1.41 bits per heavy atom. The van der Waals surface area contributed by atoms with Crippen molar-refractivity contribution in [1.29, 1.82) is 0 Å². The summed E-state index contributed by atoms with van der Waals surface area (Å²) in [4.78, 5) is 24.2. The molecule has 1 saturated heterocycles. The summed E-state index contributed by atoms with van der Waals surface area (Å²) in [5, 5.41) is 2.47. The molecule has 1 amide bonds. The van der Waals surface area contributed by atoms with E-state index < -0.39 is 11.7 Å². The van der Waals surface area contributed by atoms with Gasteiger partial charge in [0.25, 0.3) is 5.91 Å². The topological polar surface area (TPSA) is 76.6 Å². The van der Waals surface area contributed by atoms with Gasteiger partial charge in [-0.2, -0.15) is 13.2 Å². The zero-order chi connectivity index (χ0) is 31.7. The van der Waals surface area contributed by atoms with Crippen LogP contribution in [0.2, 0.25) is 0 Å². The first-order valence-corrected chi connectivity index (χ1v) is 15.8. The number of benzene rings is 3. The van der Waals surface area contributed by atoms with Crippen molar-refractivity contribution in [1.82, 2.24) is 19.7 Å². The van der Waals surface area contributed by atoms with Crippen molar-refractivity contribution in [3.8, 4) is 23.0 Å². The first kappa shape index (κ1) is 30.3. The summed E-state index contributed by atoms with van der Waals surface area (Å²) in [6.07, 6.45) is -4.43. The second-order valence-corrected chi connectivity index (χ2v) is 12.4. The summed E-state index contributed by atoms with van der Waals surface area (Å²) in [6, 6.07) is 16.9. The molecule has 240 valence electrons. The predicted molar refractivity (Wildman–Crippen MR) is 163 cm³/mol. The highest BCUT2D eigenvalue weighted by molar-refractivity contribution is 7.09. The Bertz CT molecular complexity index is 1720. The van der Waals surface area contributed by atoms with Gasteiger partial charge in [-0.15, -0.1) is 11.3 Å². The number of carbonyl (C=O) groups is 1. The molecule has 13 heteroatoms. The van der Waals surface area contributed by atoms with Gasteiger partial charge in [-0.25, -0.2) is 4.98 Å². The van der Waals surface area contributed by atoms with E-state index in [0.717, 1.165) is 48.3 Å². The Labute approximate surface area is 267 Å². The Morgan fingerprint density at radius 3 is 2.11 bits per heavy atom. The molecular formula is C33H31F3N4O5S. The number of ether oxygens (including phenoxy) is 4. The number of thiazole rings is 1. The molecule has 3 aromatic carbocycles. The van der Waals surface area contributed by atoms with Crippen LogP contribution in [0.5, 0.6) is 23.0 Å². The lowest BCUT2D eigenvalue weighted by Gasteiger charge is -2.34. The molecule has 4 aromatic rings. The number of nitrogens with zero attached hydrogens (tertiary/aromatic N) is 4. The largest absolute Gasteiger partial charge is 0.454 e. The number of fused-ring (bicyclic) bond motifs is 2. The predicted octanol–water partition coefficient (Wildman–Crippen LogP) is 5.78.